The molecule has 0 N–H and O–H groups in total. The third-order valence-electron chi connectivity index (χ3n) is 5.58. The van der Waals surface area contributed by atoms with Gasteiger partial charge in [0.1, 0.15) is 0 Å². The smallest absolute Gasteiger partial charge is 0.367 e. The van der Waals surface area contributed by atoms with Crippen molar-refractivity contribution in [3.63, 3.8) is 0 Å². The fraction of sp³-hybridized carbons (Fsp3) is 0.304. The molecule has 0 aliphatic carbocycles. The van der Waals surface area contributed by atoms with E-state index in [4.69, 9.17) is 0 Å². The number of Topliss-reactive ketones (excluding diaryl/α,β-unsaturated/α-hetero) is 1. The summed E-state index contributed by atoms with van der Waals surface area (Å²) in [5.41, 5.74) is 2.13. The Labute approximate surface area is 167 Å². The molecule has 3 aromatic rings. The van der Waals surface area contributed by atoms with Crippen LogP contribution in [0.2, 0.25) is 0 Å². The van der Waals surface area contributed by atoms with Gasteiger partial charge in [-0.15, -0.1) is 0 Å². The lowest BCUT2D eigenvalue weighted by Gasteiger charge is -2.26. The molecule has 0 bridgehead atoms. The van der Waals surface area contributed by atoms with E-state index in [9.17, 15) is 18.0 Å². The summed E-state index contributed by atoms with van der Waals surface area (Å²) in [5.74, 6) is -1.86. The van der Waals surface area contributed by atoms with Gasteiger partial charge in [0.05, 0.1) is 16.8 Å². The van der Waals surface area contributed by atoms with Gasteiger partial charge in [-0.3, -0.25) is 9.78 Å². The number of para-hydroxylation sites is 1. The predicted molar refractivity (Wildman–Crippen MR) is 108 cm³/mol. The minimum Gasteiger partial charge on any atom is -0.367 e. The summed E-state index contributed by atoms with van der Waals surface area (Å²) in [6.45, 7) is 4.50. The highest BCUT2D eigenvalue weighted by atomic mass is 19.4. The number of ketones is 1. The van der Waals surface area contributed by atoms with Crippen molar-refractivity contribution in [3.05, 3.63) is 59.8 Å². The van der Waals surface area contributed by atoms with Crippen LogP contribution in [0.15, 0.2) is 48.5 Å². The molecule has 1 atom stereocenters. The number of pyridine rings is 1. The van der Waals surface area contributed by atoms with E-state index in [-0.39, 0.29) is 11.3 Å². The second kappa shape index (κ2) is 7.17. The minimum atomic E-state index is -4.97. The second-order valence-electron chi connectivity index (χ2n) is 7.50. The van der Waals surface area contributed by atoms with Crippen molar-refractivity contribution in [1.82, 2.24) is 4.98 Å². The maximum Gasteiger partial charge on any atom is 0.454 e. The fourth-order valence-electron chi connectivity index (χ4n) is 4.24. The van der Waals surface area contributed by atoms with Crippen LogP contribution in [0.3, 0.4) is 0 Å². The summed E-state index contributed by atoms with van der Waals surface area (Å²) >= 11 is 0. The molecule has 0 saturated carbocycles. The first-order chi connectivity index (χ1) is 13.8. The van der Waals surface area contributed by atoms with Gasteiger partial charge in [-0.2, -0.15) is 13.2 Å². The monoisotopic (exact) mass is 398 g/mol. The molecule has 1 aliphatic rings. The van der Waals surface area contributed by atoms with Gasteiger partial charge in [-0.25, -0.2) is 0 Å². The first kappa shape index (κ1) is 19.4. The van der Waals surface area contributed by atoms with Crippen molar-refractivity contribution >= 4 is 22.4 Å². The molecule has 150 valence electrons. The Balaban J connectivity index is 2.07. The molecule has 1 saturated heterocycles. The molecule has 1 aromatic heterocycles. The zero-order chi connectivity index (χ0) is 20.8. The quantitative estimate of drug-likeness (QED) is 0.512. The Hall–Kier alpha value is -2.89. The number of aromatic nitrogens is 1. The van der Waals surface area contributed by atoms with E-state index < -0.39 is 12.0 Å². The van der Waals surface area contributed by atoms with Gasteiger partial charge in [0.2, 0.25) is 0 Å². The van der Waals surface area contributed by atoms with E-state index in [2.05, 4.69) is 16.8 Å². The Morgan fingerprint density at radius 3 is 2.45 bits per heavy atom. The fourth-order valence-corrected chi connectivity index (χ4v) is 4.24. The molecule has 1 unspecified atom stereocenters. The molecule has 0 radical (unpaired) electrons. The highest BCUT2D eigenvalue weighted by molar-refractivity contribution is 6.14. The molecule has 6 heteroatoms. The van der Waals surface area contributed by atoms with Gasteiger partial charge in [-0.05, 0) is 38.3 Å². The topological polar surface area (TPSA) is 33.2 Å². The molecular formula is C23H21F3N2O. The number of rotatable bonds is 3. The van der Waals surface area contributed by atoms with E-state index in [0.717, 1.165) is 25.1 Å². The van der Waals surface area contributed by atoms with Crippen LogP contribution in [0.4, 0.5) is 18.9 Å². The summed E-state index contributed by atoms with van der Waals surface area (Å²) in [5, 5.41) is 0.561. The third kappa shape index (κ3) is 3.37. The lowest BCUT2D eigenvalue weighted by Crippen LogP contribution is -2.27. The van der Waals surface area contributed by atoms with Crippen LogP contribution in [-0.4, -0.2) is 29.5 Å². The highest BCUT2D eigenvalue weighted by Gasteiger charge is 2.42. The largest absolute Gasteiger partial charge is 0.454 e. The lowest BCUT2D eigenvalue weighted by atomic mass is 9.91. The third-order valence-corrected chi connectivity index (χ3v) is 5.58. The van der Waals surface area contributed by atoms with Gasteiger partial charge in [0.15, 0.2) is 0 Å². The van der Waals surface area contributed by atoms with Crippen LogP contribution in [0.5, 0.6) is 0 Å². The maximum absolute atomic E-state index is 13.4. The summed E-state index contributed by atoms with van der Waals surface area (Å²) in [6.07, 6.45) is -2.84. The SMILES string of the molecule is Cc1nc2c(N3CCCC3C)cccc2c(-c2ccccc2)c1C(=O)C(F)(F)F. The first-order valence-corrected chi connectivity index (χ1v) is 9.66. The van der Waals surface area contributed by atoms with E-state index in [1.165, 1.54) is 6.92 Å². The standard InChI is InChI=1S/C23H21F3N2O/c1-14-8-7-13-28(14)18-12-6-11-17-20(16-9-4-3-5-10-16)19(15(2)27-21(17)18)22(29)23(24,25)26/h3-6,9-12,14H,7-8,13H2,1-2H3. The normalized spacial score (nSPS) is 17.1. The van der Waals surface area contributed by atoms with Crippen LogP contribution in [0.25, 0.3) is 22.0 Å². The van der Waals surface area contributed by atoms with Crippen molar-refractivity contribution < 1.29 is 18.0 Å². The summed E-state index contributed by atoms with van der Waals surface area (Å²) in [6, 6.07) is 14.6. The van der Waals surface area contributed by atoms with Crippen molar-refractivity contribution in [3.8, 4) is 11.1 Å². The number of halogens is 3. The molecule has 0 spiro atoms. The Kier molecular flexibility index (Phi) is 4.81. The average Bonchev–Trinajstić information content (AvgIpc) is 3.11. The first-order valence-electron chi connectivity index (χ1n) is 9.66. The van der Waals surface area contributed by atoms with Crippen LogP contribution >= 0.6 is 0 Å². The van der Waals surface area contributed by atoms with Gasteiger partial charge in [-0.1, -0.05) is 42.5 Å². The van der Waals surface area contributed by atoms with Crippen LogP contribution in [0.1, 0.15) is 35.8 Å². The summed E-state index contributed by atoms with van der Waals surface area (Å²) in [7, 11) is 0. The molecule has 2 heterocycles. The predicted octanol–water partition coefficient (Wildman–Crippen LogP) is 5.94. The number of carbonyl (C=O) groups is 1. The molecule has 29 heavy (non-hydrogen) atoms. The molecule has 1 aliphatic heterocycles. The summed E-state index contributed by atoms with van der Waals surface area (Å²) < 4.78 is 40.2. The zero-order valence-corrected chi connectivity index (χ0v) is 16.3. The van der Waals surface area contributed by atoms with E-state index >= 15 is 0 Å². The number of aryl methyl sites for hydroxylation is 1. The molecule has 3 nitrogen and oxygen atoms in total. The molecular weight excluding hydrogens is 377 g/mol. The molecule has 2 aromatic carbocycles. The van der Waals surface area contributed by atoms with Gasteiger partial charge < -0.3 is 4.90 Å². The lowest BCUT2D eigenvalue weighted by molar-refractivity contribution is -0.0885. The molecule has 4 rings (SSSR count). The van der Waals surface area contributed by atoms with E-state index in [1.807, 2.05) is 12.1 Å². The van der Waals surface area contributed by atoms with Crippen LogP contribution in [-0.2, 0) is 0 Å². The number of carbonyl (C=O) groups excluding carboxylic acids is 1. The van der Waals surface area contributed by atoms with Gasteiger partial charge in [0, 0.05) is 29.2 Å². The number of alkyl halides is 3. The van der Waals surface area contributed by atoms with Crippen molar-refractivity contribution in [1.29, 1.82) is 0 Å². The summed E-state index contributed by atoms with van der Waals surface area (Å²) in [4.78, 5) is 19.1. The minimum absolute atomic E-state index is 0.0954. The number of anilines is 1. The maximum atomic E-state index is 13.4. The molecule has 0 amide bonds. The molecule has 1 fully saturated rings. The number of hydrogen-bond donors (Lipinski definition) is 0. The zero-order valence-electron chi connectivity index (χ0n) is 16.3. The number of hydrogen-bond acceptors (Lipinski definition) is 3. The van der Waals surface area contributed by atoms with Crippen molar-refractivity contribution in [2.24, 2.45) is 0 Å². The van der Waals surface area contributed by atoms with Gasteiger partial charge >= 0.3 is 6.18 Å². The second-order valence-corrected chi connectivity index (χ2v) is 7.50. The number of nitrogens with zero attached hydrogens (tertiary/aromatic N) is 2. The highest BCUT2D eigenvalue weighted by Crippen LogP contribution is 2.40. The number of fused-ring (bicyclic) bond motifs is 1. The van der Waals surface area contributed by atoms with Gasteiger partial charge in [0.25, 0.3) is 5.78 Å². The average molecular weight is 398 g/mol. The Bertz CT molecular complexity index is 1080. The van der Waals surface area contributed by atoms with Crippen molar-refractivity contribution in [2.75, 3.05) is 11.4 Å². The van der Waals surface area contributed by atoms with Crippen LogP contribution in [0, 0.1) is 6.92 Å². The van der Waals surface area contributed by atoms with Crippen LogP contribution < -0.4 is 4.90 Å². The van der Waals surface area contributed by atoms with Crippen molar-refractivity contribution in [2.45, 2.75) is 38.9 Å². The van der Waals surface area contributed by atoms with E-state index in [1.54, 1.807) is 36.4 Å². The Morgan fingerprint density at radius 1 is 1.10 bits per heavy atom. The van der Waals surface area contributed by atoms with E-state index in [0.29, 0.717) is 28.1 Å². The Morgan fingerprint density at radius 2 is 1.83 bits per heavy atom. The number of benzene rings is 2.